The van der Waals surface area contributed by atoms with Crippen LogP contribution >= 0.6 is 0 Å². The van der Waals surface area contributed by atoms with Crippen molar-refractivity contribution in [2.45, 2.75) is 44.9 Å². The maximum Gasteiger partial charge on any atom is 0.416 e. The Balaban J connectivity index is 1.82. The third-order valence-corrected chi connectivity index (χ3v) is 4.99. The Morgan fingerprint density at radius 3 is 2.31 bits per heavy atom. The summed E-state index contributed by atoms with van der Waals surface area (Å²) in [6.45, 7) is 2.07. The molecule has 2 aromatic carbocycles. The molecule has 1 N–H and O–H groups in total. The second kappa shape index (κ2) is 10.3. The molecule has 0 saturated heterocycles. The molecule has 1 aromatic heterocycles. The first-order valence-electron chi connectivity index (χ1n) is 10.4. The lowest BCUT2D eigenvalue weighted by atomic mass is 10.1. The Kier molecular flexibility index (Phi) is 7.51. The molecule has 168 valence electrons. The standard InChI is InChI=1S/C25H24F3NO3/c1-2-3-7-23(32-20-14-8-17(9-15-20)16-24(30)31)22-6-4-5-21(29-22)18-10-12-19(13-11-18)25(26,27)28/h4-6,8-15,23H,2-3,7,16H2,1H3,(H,30,31)/t23-/m1/s1. The molecule has 0 radical (unpaired) electrons. The normalized spacial score (nSPS) is 12.4. The van der Waals surface area contributed by atoms with Crippen LogP contribution in [0.25, 0.3) is 11.3 Å². The summed E-state index contributed by atoms with van der Waals surface area (Å²) in [5.41, 5.74) is 1.82. The Labute approximate surface area is 184 Å². The number of alkyl halides is 3. The van der Waals surface area contributed by atoms with Gasteiger partial charge in [0.1, 0.15) is 11.9 Å². The van der Waals surface area contributed by atoms with E-state index < -0.39 is 17.7 Å². The van der Waals surface area contributed by atoms with Crippen LogP contribution in [-0.2, 0) is 17.4 Å². The maximum absolute atomic E-state index is 12.8. The van der Waals surface area contributed by atoms with Gasteiger partial charge in [0.05, 0.1) is 23.4 Å². The molecule has 0 aliphatic heterocycles. The number of carbonyl (C=O) groups is 1. The number of benzene rings is 2. The molecule has 4 nitrogen and oxygen atoms in total. The van der Waals surface area contributed by atoms with Crippen molar-refractivity contribution < 1.29 is 27.8 Å². The van der Waals surface area contributed by atoms with Gasteiger partial charge in [0.25, 0.3) is 0 Å². The van der Waals surface area contributed by atoms with E-state index in [-0.39, 0.29) is 12.5 Å². The van der Waals surface area contributed by atoms with Crippen molar-refractivity contribution in [1.82, 2.24) is 4.98 Å². The molecule has 0 aliphatic rings. The summed E-state index contributed by atoms with van der Waals surface area (Å²) in [5.74, 6) is -0.300. The third-order valence-electron chi connectivity index (χ3n) is 4.99. The largest absolute Gasteiger partial charge is 0.484 e. The summed E-state index contributed by atoms with van der Waals surface area (Å²) in [4.78, 5) is 15.5. The first-order chi connectivity index (χ1) is 15.3. The fourth-order valence-corrected chi connectivity index (χ4v) is 3.30. The van der Waals surface area contributed by atoms with Crippen molar-refractivity contribution in [3.05, 3.63) is 83.6 Å². The van der Waals surface area contributed by atoms with Crippen molar-refractivity contribution in [1.29, 1.82) is 0 Å². The smallest absolute Gasteiger partial charge is 0.416 e. The van der Waals surface area contributed by atoms with E-state index in [1.165, 1.54) is 12.1 Å². The molecule has 1 heterocycles. The first kappa shape index (κ1) is 23.3. The first-order valence-corrected chi connectivity index (χ1v) is 10.4. The molecule has 1 atom stereocenters. The number of aromatic nitrogens is 1. The zero-order valence-electron chi connectivity index (χ0n) is 17.6. The Morgan fingerprint density at radius 2 is 1.72 bits per heavy atom. The molecule has 0 saturated carbocycles. The average molecular weight is 443 g/mol. The van der Waals surface area contributed by atoms with Gasteiger partial charge in [0.15, 0.2) is 0 Å². The number of rotatable bonds is 9. The zero-order chi connectivity index (χ0) is 23.1. The molecule has 0 aliphatic carbocycles. The van der Waals surface area contributed by atoms with E-state index in [1.54, 1.807) is 30.3 Å². The van der Waals surface area contributed by atoms with Crippen LogP contribution in [0.2, 0.25) is 0 Å². The number of halogens is 3. The molecular weight excluding hydrogens is 419 g/mol. The van der Waals surface area contributed by atoms with Gasteiger partial charge in [-0.3, -0.25) is 4.79 Å². The highest BCUT2D eigenvalue weighted by Crippen LogP contribution is 2.32. The highest BCUT2D eigenvalue weighted by Gasteiger charge is 2.30. The molecule has 7 heteroatoms. The SMILES string of the molecule is CCCC[C@@H](Oc1ccc(CC(=O)O)cc1)c1cccc(-c2ccc(C(F)(F)F)cc2)n1. The summed E-state index contributed by atoms with van der Waals surface area (Å²) < 4.78 is 44.7. The van der Waals surface area contributed by atoms with Crippen LogP contribution in [-0.4, -0.2) is 16.1 Å². The van der Waals surface area contributed by atoms with Crippen LogP contribution < -0.4 is 4.74 Å². The number of ether oxygens (including phenoxy) is 1. The van der Waals surface area contributed by atoms with E-state index in [1.807, 2.05) is 12.1 Å². The lowest BCUT2D eigenvalue weighted by molar-refractivity contribution is -0.138. The number of aliphatic carboxylic acids is 1. The number of hydrogen-bond donors (Lipinski definition) is 1. The number of nitrogens with zero attached hydrogens (tertiary/aromatic N) is 1. The molecule has 0 amide bonds. The minimum Gasteiger partial charge on any atom is -0.484 e. The van der Waals surface area contributed by atoms with E-state index >= 15 is 0 Å². The average Bonchev–Trinajstić information content (AvgIpc) is 2.77. The second-order valence-electron chi connectivity index (χ2n) is 7.49. The van der Waals surface area contributed by atoms with Crippen molar-refractivity contribution in [2.24, 2.45) is 0 Å². The van der Waals surface area contributed by atoms with Crippen LogP contribution in [0.4, 0.5) is 13.2 Å². The topological polar surface area (TPSA) is 59.4 Å². The zero-order valence-corrected chi connectivity index (χ0v) is 17.6. The lowest BCUT2D eigenvalue weighted by Crippen LogP contribution is -2.10. The number of pyridine rings is 1. The molecule has 3 aromatic rings. The van der Waals surface area contributed by atoms with Gasteiger partial charge in [-0.05, 0) is 54.8 Å². The molecule has 0 spiro atoms. The minimum absolute atomic E-state index is 0.0593. The van der Waals surface area contributed by atoms with Crippen LogP contribution in [0, 0.1) is 0 Å². The number of unbranched alkanes of at least 4 members (excludes halogenated alkanes) is 1. The molecule has 0 unspecified atom stereocenters. The second-order valence-corrected chi connectivity index (χ2v) is 7.49. The van der Waals surface area contributed by atoms with Crippen LogP contribution in [0.3, 0.4) is 0 Å². The highest BCUT2D eigenvalue weighted by molar-refractivity contribution is 5.70. The quantitative estimate of drug-likeness (QED) is 0.400. The van der Waals surface area contributed by atoms with Gasteiger partial charge in [-0.25, -0.2) is 4.98 Å². The van der Waals surface area contributed by atoms with Crippen LogP contribution in [0.1, 0.15) is 49.1 Å². The summed E-state index contributed by atoms with van der Waals surface area (Å²) >= 11 is 0. The Bertz CT molecular complexity index is 1030. The third kappa shape index (κ3) is 6.33. The summed E-state index contributed by atoms with van der Waals surface area (Å²) in [6, 6.07) is 17.2. The van der Waals surface area contributed by atoms with Gasteiger partial charge in [-0.1, -0.05) is 43.7 Å². The molecular formula is C25H24F3NO3. The fourth-order valence-electron chi connectivity index (χ4n) is 3.30. The highest BCUT2D eigenvalue weighted by atomic mass is 19.4. The molecule has 32 heavy (non-hydrogen) atoms. The summed E-state index contributed by atoms with van der Waals surface area (Å²) in [7, 11) is 0. The van der Waals surface area contributed by atoms with Gasteiger partial charge in [-0.15, -0.1) is 0 Å². The van der Waals surface area contributed by atoms with E-state index in [2.05, 4.69) is 11.9 Å². The molecule has 0 fully saturated rings. The number of carboxylic acid groups (broad SMARTS) is 1. The van der Waals surface area contributed by atoms with Gasteiger partial charge >= 0.3 is 12.1 Å². The molecule has 0 bridgehead atoms. The van der Waals surface area contributed by atoms with Crippen molar-refractivity contribution >= 4 is 5.97 Å². The molecule has 3 rings (SSSR count). The van der Waals surface area contributed by atoms with E-state index in [9.17, 15) is 18.0 Å². The van der Waals surface area contributed by atoms with Crippen molar-refractivity contribution in [2.75, 3.05) is 0 Å². The number of carboxylic acids is 1. The monoisotopic (exact) mass is 443 g/mol. The van der Waals surface area contributed by atoms with Crippen molar-refractivity contribution in [3.8, 4) is 17.0 Å². The fraction of sp³-hybridized carbons (Fsp3) is 0.280. The number of hydrogen-bond acceptors (Lipinski definition) is 3. The lowest BCUT2D eigenvalue weighted by Gasteiger charge is -2.19. The predicted octanol–water partition coefficient (Wildman–Crippen LogP) is 6.70. The van der Waals surface area contributed by atoms with Crippen LogP contribution in [0.15, 0.2) is 66.7 Å². The van der Waals surface area contributed by atoms with Gasteiger partial charge in [0, 0.05) is 5.56 Å². The van der Waals surface area contributed by atoms with Gasteiger partial charge in [0.2, 0.25) is 0 Å². The summed E-state index contributed by atoms with van der Waals surface area (Å²) in [5, 5.41) is 8.91. The van der Waals surface area contributed by atoms with E-state index in [0.717, 1.165) is 31.4 Å². The van der Waals surface area contributed by atoms with Gasteiger partial charge < -0.3 is 9.84 Å². The minimum atomic E-state index is -4.38. The Morgan fingerprint density at radius 1 is 1.03 bits per heavy atom. The van der Waals surface area contributed by atoms with Crippen molar-refractivity contribution in [3.63, 3.8) is 0 Å². The van der Waals surface area contributed by atoms with E-state index in [0.29, 0.717) is 28.3 Å². The Hall–Kier alpha value is -3.35. The van der Waals surface area contributed by atoms with E-state index in [4.69, 9.17) is 9.84 Å². The maximum atomic E-state index is 12.8. The predicted molar refractivity (Wildman–Crippen MR) is 115 cm³/mol. The van der Waals surface area contributed by atoms with Gasteiger partial charge in [-0.2, -0.15) is 13.2 Å². The summed E-state index contributed by atoms with van der Waals surface area (Å²) in [6.07, 6.45) is -2.18. The van der Waals surface area contributed by atoms with Crippen LogP contribution in [0.5, 0.6) is 5.75 Å².